The van der Waals surface area contributed by atoms with Crippen molar-refractivity contribution >= 4 is 19.8 Å². The standard InChI is InChI=1S/C48H79O12P/c1-3-5-7-9-11-13-15-17-18-19-20-21-22-23-25-27-29-31-33-37-48(54)60-44(42-59-61(55,56)58-40-43(50)39-49)41-57-47(53)38-34-36-46(52)45(51)35-32-30-28-26-24-16-14-12-10-8-6-4-2/h5,7,11-14,17-18,20-21,23-26,30,32,43-46,49-52H,3-4,6,8-10,15-16,19,22,27-29,31,33-42H2,1-2H3,(H,55,56)/b7-5-,13-11-,14-12-,18-17-,21-20-,25-23-,26-24-,32-30-/t43-,44+,45?,46?/m0/s1. The van der Waals surface area contributed by atoms with Crippen LogP contribution in [-0.2, 0) is 32.7 Å². The van der Waals surface area contributed by atoms with E-state index in [0.717, 1.165) is 70.6 Å². The van der Waals surface area contributed by atoms with Gasteiger partial charge in [-0.25, -0.2) is 4.57 Å². The van der Waals surface area contributed by atoms with E-state index in [9.17, 15) is 34.4 Å². The van der Waals surface area contributed by atoms with Crippen LogP contribution in [0.1, 0.15) is 142 Å². The quantitative estimate of drug-likeness (QED) is 0.0170. The summed E-state index contributed by atoms with van der Waals surface area (Å²) in [6.45, 7) is 1.85. The molecule has 0 aliphatic carbocycles. The third-order valence-corrected chi connectivity index (χ3v) is 9.87. The van der Waals surface area contributed by atoms with E-state index < -0.39 is 70.6 Å². The van der Waals surface area contributed by atoms with E-state index in [1.54, 1.807) is 0 Å². The summed E-state index contributed by atoms with van der Waals surface area (Å²) >= 11 is 0. The Morgan fingerprint density at radius 3 is 1.59 bits per heavy atom. The number of esters is 2. The van der Waals surface area contributed by atoms with E-state index >= 15 is 0 Å². The van der Waals surface area contributed by atoms with Crippen LogP contribution in [0.15, 0.2) is 97.2 Å². The Morgan fingerprint density at radius 2 is 1.05 bits per heavy atom. The molecule has 0 aliphatic heterocycles. The van der Waals surface area contributed by atoms with Crippen molar-refractivity contribution in [1.29, 1.82) is 0 Å². The van der Waals surface area contributed by atoms with Crippen molar-refractivity contribution < 1.29 is 58.0 Å². The molecule has 0 aliphatic rings. The largest absolute Gasteiger partial charge is 0.472 e. The topological polar surface area (TPSA) is 189 Å². The molecule has 0 heterocycles. The SMILES string of the molecule is CC/C=C\C/C=C\C/C=C\C/C=C\C/C=C\CCCCCC(=O)O[C@H](COC(=O)CCCC(O)C(O)C/C=C\C/C=C\C/C=C\CCCCC)COP(=O)(O)OC[C@@H](O)CO. The second-order valence-electron chi connectivity index (χ2n) is 14.6. The van der Waals surface area contributed by atoms with Crippen molar-refractivity contribution in [2.45, 2.75) is 167 Å². The highest BCUT2D eigenvalue weighted by molar-refractivity contribution is 7.47. The molecule has 3 unspecified atom stereocenters. The van der Waals surface area contributed by atoms with Gasteiger partial charge in [0.2, 0.25) is 0 Å². The molecular formula is C48H79O12P. The first-order valence-corrected chi connectivity index (χ1v) is 23.9. The van der Waals surface area contributed by atoms with Gasteiger partial charge < -0.3 is 34.8 Å². The Kier molecular flexibility index (Phi) is 39.9. The fraction of sp³-hybridized carbons (Fsp3) is 0.625. The number of phosphoric acid groups is 1. The van der Waals surface area contributed by atoms with Crippen molar-refractivity contribution in [2.24, 2.45) is 0 Å². The van der Waals surface area contributed by atoms with Crippen molar-refractivity contribution in [1.82, 2.24) is 0 Å². The minimum Gasteiger partial charge on any atom is -0.462 e. The highest BCUT2D eigenvalue weighted by atomic mass is 31.2. The maximum Gasteiger partial charge on any atom is 0.472 e. The van der Waals surface area contributed by atoms with E-state index in [0.29, 0.717) is 6.42 Å². The number of rotatable bonds is 40. The van der Waals surface area contributed by atoms with Gasteiger partial charge in [-0.1, -0.05) is 130 Å². The molecule has 13 heteroatoms. The molecule has 0 amide bonds. The summed E-state index contributed by atoms with van der Waals surface area (Å²) in [7, 11) is -4.71. The second kappa shape index (κ2) is 42.1. The molecule has 12 nitrogen and oxygen atoms in total. The van der Waals surface area contributed by atoms with Gasteiger partial charge in [-0.3, -0.25) is 18.6 Å². The summed E-state index contributed by atoms with van der Waals surface area (Å²) in [4.78, 5) is 35.1. The summed E-state index contributed by atoms with van der Waals surface area (Å²) < 4.78 is 32.5. The molecule has 348 valence electrons. The summed E-state index contributed by atoms with van der Waals surface area (Å²) in [6.07, 6.45) is 44.0. The van der Waals surface area contributed by atoms with Crippen molar-refractivity contribution in [2.75, 3.05) is 26.4 Å². The molecule has 0 spiro atoms. The Morgan fingerprint density at radius 1 is 0.557 bits per heavy atom. The van der Waals surface area contributed by atoms with Crippen molar-refractivity contribution in [3.05, 3.63) is 97.2 Å². The average Bonchev–Trinajstić information content (AvgIpc) is 3.24. The maximum absolute atomic E-state index is 12.6. The number of ether oxygens (including phenoxy) is 2. The molecule has 0 rings (SSSR count). The molecule has 5 N–H and O–H groups in total. The minimum atomic E-state index is -4.71. The predicted molar refractivity (Wildman–Crippen MR) is 244 cm³/mol. The lowest BCUT2D eigenvalue weighted by Gasteiger charge is -2.20. The molecule has 5 atom stereocenters. The van der Waals surface area contributed by atoms with Gasteiger partial charge in [-0.05, 0) is 96.3 Å². The number of carbonyl (C=O) groups excluding carboxylic acids is 2. The van der Waals surface area contributed by atoms with Crippen LogP contribution < -0.4 is 0 Å². The number of aliphatic hydroxyl groups is 4. The fourth-order valence-electron chi connectivity index (χ4n) is 5.36. The Bertz CT molecular complexity index is 1370. The fourth-order valence-corrected chi connectivity index (χ4v) is 6.15. The van der Waals surface area contributed by atoms with E-state index in [1.165, 1.54) is 19.3 Å². The van der Waals surface area contributed by atoms with E-state index in [2.05, 4.69) is 103 Å². The first-order chi connectivity index (χ1) is 29.5. The van der Waals surface area contributed by atoms with Gasteiger partial charge in [0.05, 0.1) is 32.0 Å². The summed E-state index contributed by atoms with van der Waals surface area (Å²) in [6, 6.07) is 0. The lowest BCUT2D eigenvalue weighted by molar-refractivity contribution is -0.161. The average molecular weight is 879 g/mol. The summed E-state index contributed by atoms with van der Waals surface area (Å²) in [5.41, 5.74) is 0. The number of hydrogen-bond acceptors (Lipinski definition) is 11. The van der Waals surface area contributed by atoms with Crippen LogP contribution in [0.3, 0.4) is 0 Å². The smallest absolute Gasteiger partial charge is 0.462 e. The third-order valence-electron chi connectivity index (χ3n) is 8.92. The lowest BCUT2D eigenvalue weighted by atomic mass is 10.0. The lowest BCUT2D eigenvalue weighted by Crippen LogP contribution is -2.30. The molecular weight excluding hydrogens is 799 g/mol. The molecule has 0 fully saturated rings. The molecule has 0 aromatic rings. The zero-order chi connectivity index (χ0) is 45.1. The molecule has 0 radical (unpaired) electrons. The Labute approximate surface area is 367 Å². The van der Waals surface area contributed by atoms with Gasteiger partial charge in [-0.15, -0.1) is 0 Å². The van der Waals surface area contributed by atoms with E-state index in [-0.39, 0.29) is 32.1 Å². The highest BCUT2D eigenvalue weighted by Crippen LogP contribution is 2.43. The van der Waals surface area contributed by atoms with E-state index in [4.69, 9.17) is 19.1 Å². The number of hydrogen-bond donors (Lipinski definition) is 5. The van der Waals surface area contributed by atoms with Crippen LogP contribution in [0.2, 0.25) is 0 Å². The zero-order valence-electron chi connectivity index (χ0n) is 37.1. The first kappa shape index (κ1) is 57.8. The number of aliphatic hydroxyl groups excluding tert-OH is 4. The molecule has 0 aromatic carbocycles. The monoisotopic (exact) mass is 879 g/mol. The van der Waals surface area contributed by atoms with Crippen LogP contribution in [0, 0.1) is 0 Å². The van der Waals surface area contributed by atoms with Gasteiger partial charge in [0, 0.05) is 12.8 Å². The summed E-state index contributed by atoms with van der Waals surface area (Å²) in [5, 5.41) is 39.0. The van der Waals surface area contributed by atoms with Crippen LogP contribution in [-0.4, -0.2) is 88.1 Å². The third kappa shape index (κ3) is 40.6. The molecule has 0 saturated carbocycles. The van der Waals surface area contributed by atoms with Gasteiger partial charge in [0.15, 0.2) is 6.10 Å². The predicted octanol–water partition coefficient (Wildman–Crippen LogP) is 9.94. The van der Waals surface area contributed by atoms with E-state index in [1.807, 2.05) is 12.2 Å². The molecule has 0 aromatic heterocycles. The van der Waals surface area contributed by atoms with Crippen LogP contribution in [0.25, 0.3) is 0 Å². The molecule has 0 bridgehead atoms. The highest BCUT2D eigenvalue weighted by Gasteiger charge is 2.27. The van der Waals surface area contributed by atoms with Crippen molar-refractivity contribution in [3.8, 4) is 0 Å². The number of allylic oxidation sites excluding steroid dienone is 15. The van der Waals surface area contributed by atoms with Crippen LogP contribution in [0.4, 0.5) is 0 Å². The normalized spacial score (nSPS) is 15.7. The van der Waals surface area contributed by atoms with Crippen molar-refractivity contribution in [3.63, 3.8) is 0 Å². The number of phosphoric ester groups is 1. The second-order valence-corrected chi connectivity index (χ2v) is 16.1. The Hall–Kier alpha value is -3.19. The van der Waals surface area contributed by atoms with Gasteiger partial charge in [0.25, 0.3) is 0 Å². The van der Waals surface area contributed by atoms with Gasteiger partial charge >= 0.3 is 19.8 Å². The van der Waals surface area contributed by atoms with Crippen LogP contribution >= 0.6 is 7.82 Å². The molecule has 61 heavy (non-hydrogen) atoms. The number of unbranched alkanes of at least 4 members (excludes halogenated alkanes) is 6. The maximum atomic E-state index is 12.6. The number of carbonyl (C=O) groups is 2. The summed E-state index contributed by atoms with van der Waals surface area (Å²) in [5.74, 6) is -1.26. The Balaban J connectivity index is 4.60. The zero-order valence-corrected chi connectivity index (χ0v) is 38.0. The minimum absolute atomic E-state index is 0.0784. The van der Waals surface area contributed by atoms with Gasteiger partial charge in [0.1, 0.15) is 12.7 Å². The molecule has 0 saturated heterocycles. The first-order valence-electron chi connectivity index (χ1n) is 22.4. The van der Waals surface area contributed by atoms with Crippen LogP contribution in [0.5, 0.6) is 0 Å². The van der Waals surface area contributed by atoms with Gasteiger partial charge in [-0.2, -0.15) is 0 Å².